The highest BCUT2D eigenvalue weighted by molar-refractivity contribution is 5.89. The summed E-state index contributed by atoms with van der Waals surface area (Å²) in [6, 6.07) is 24.0. The van der Waals surface area contributed by atoms with E-state index in [0.29, 0.717) is 77.1 Å². The number of imidazole rings is 1. The molecule has 3 amide bonds. The summed E-state index contributed by atoms with van der Waals surface area (Å²) in [5, 5.41) is 7.97. The summed E-state index contributed by atoms with van der Waals surface area (Å²) in [5.74, 6) is -2.69. The van der Waals surface area contributed by atoms with E-state index in [4.69, 9.17) is 4.74 Å². The molecule has 1 aliphatic carbocycles. The number of alkyl halides is 2. The molecule has 0 spiro atoms. The Bertz CT molecular complexity index is 2350. The quantitative estimate of drug-likeness (QED) is 0.0379. The highest BCUT2D eigenvalue weighted by Crippen LogP contribution is 2.52. The van der Waals surface area contributed by atoms with Gasteiger partial charge in [0, 0.05) is 50.7 Å². The van der Waals surface area contributed by atoms with E-state index in [1.54, 1.807) is 87.1 Å². The topological polar surface area (TPSA) is 170 Å². The number of nitrogens with one attached hydrogen (secondary N) is 4. The molecule has 6 rings (SSSR count). The number of nitrogens with zero attached hydrogens (tertiary/aromatic N) is 4. The summed E-state index contributed by atoms with van der Waals surface area (Å²) < 4.78 is 41.5. The number of ether oxygens (including phenoxy) is 2. The Morgan fingerprint density at radius 2 is 1.43 bits per heavy atom. The molecule has 374 valence electrons. The maximum atomic E-state index is 16.2. The van der Waals surface area contributed by atoms with Crippen molar-refractivity contribution in [3.8, 4) is 33.5 Å². The molecule has 0 fully saturated rings. The molecule has 4 N–H and O–H groups in total. The van der Waals surface area contributed by atoms with Crippen molar-refractivity contribution in [2.24, 2.45) is 4.99 Å². The van der Waals surface area contributed by atoms with Crippen molar-refractivity contribution in [2.45, 2.75) is 79.3 Å². The number of aromatic amines is 1. The van der Waals surface area contributed by atoms with Crippen molar-refractivity contribution < 1.29 is 37.4 Å². The highest BCUT2D eigenvalue weighted by atomic mass is 19.3. The third-order valence-electron chi connectivity index (χ3n) is 10.0. The number of amides is 3. The number of methoxy groups -OCH3 is 2. The molecule has 0 saturated carbocycles. The Balaban J connectivity index is 0.00000104. The van der Waals surface area contributed by atoms with Crippen LogP contribution in [0.1, 0.15) is 89.4 Å². The minimum atomic E-state index is -3.19. The van der Waals surface area contributed by atoms with Gasteiger partial charge in [0.25, 0.3) is 5.92 Å². The number of hydrogen-bond donors (Lipinski definition) is 4. The zero-order chi connectivity index (χ0) is 51.4. The number of carbonyl (C=O) groups excluding carboxylic acids is 4. The zero-order valence-electron chi connectivity index (χ0n) is 42.1. The van der Waals surface area contributed by atoms with Crippen molar-refractivity contribution in [1.82, 2.24) is 30.4 Å². The summed E-state index contributed by atoms with van der Waals surface area (Å²) in [5.41, 5.74) is 5.68. The molecule has 14 nitrogen and oxygen atoms in total. The van der Waals surface area contributed by atoms with Crippen LogP contribution in [0.4, 0.5) is 25.0 Å². The molecule has 1 aromatic heterocycles. The van der Waals surface area contributed by atoms with Gasteiger partial charge < -0.3 is 40.1 Å². The fourth-order valence-electron chi connectivity index (χ4n) is 7.09. The maximum absolute atomic E-state index is 16.2. The number of fused-ring (bicyclic) bond motifs is 3. The SMILES string of the molecule is CC.CCC.CCCN(C)Cc1ncc(-c2ccc3c(c2)C(F)(F)c2cc(-c4ccc(N=CCN(CCC)C(=O)C(NC(=O)OC)c5ccccc5)c(NC)c4)ccc2-3)[nH]1.COC.O=CCNC=O. The van der Waals surface area contributed by atoms with Gasteiger partial charge in [0.15, 0.2) is 0 Å². The number of aliphatic imine (C=N–C) groups is 1. The zero-order valence-corrected chi connectivity index (χ0v) is 42.1. The van der Waals surface area contributed by atoms with Crippen molar-refractivity contribution >= 4 is 42.3 Å². The molecule has 1 unspecified atom stereocenters. The minimum Gasteiger partial charge on any atom is -0.453 e. The number of aldehydes is 1. The number of H-pyrrole nitrogens is 1. The molecule has 4 aromatic carbocycles. The molecule has 1 aliphatic rings. The molecule has 0 aliphatic heterocycles. The Labute approximate surface area is 407 Å². The standard InChI is InChI=1S/C43H47F2N7O3.C3H5NO2.C3H8.C2H6O.C2H6/c1-6-20-51(4)27-39-48-26-38(49-39)31-14-17-33-32-16-13-29(23-34(32)43(44,45)35(33)24-31)30-15-18-36(37(25-30)46-3)47-19-22-52(21-7-2)41(53)40(50-42(54)55-5)28-11-9-8-10-12-28;5-2-1-4-3-6;2*1-3-2;1-2/h8-19,23-26,40,46H,6-7,20-22,27H2,1-5H3,(H,48,49)(H,50,54);2-3H,1H2,(H,4,6);3H2,1-2H3;1-2H3;1-2H3. The molecule has 69 heavy (non-hydrogen) atoms. The monoisotopic (exact) mass is 955 g/mol. The van der Waals surface area contributed by atoms with Crippen LogP contribution in [-0.4, -0.2) is 112 Å². The first-order valence-corrected chi connectivity index (χ1v) is 23.3. The van der Waals surface area contributed by atoms with Gasteiger partial charge in [-0.25, -0.2) is 9.78 Å². The molecule has 0 bridgehead atoms. The largest absolute Gasteiger partial charge is 0.453 e. The van der Waals surface area contributed by atoms with E-state index in [1.165, 1.54) is 13.5 Å². The van der Waals surface area contributed by atoms with Gasteiger partial charge in [-0.2, -0.15) is 8.78 Å². The van der Waals surface area contributed by atoms with E-state index in [1.807, 2.05) is 64.2 Å². The normalized spacial score (nSPS) is 11.9. The molecular formula is C53H72F2N8O6. The number of hydrogen-bond acceptors (Lipinski definition) is 10. The number of carbonyl (C=O) groups is 4. The lowest BCUT2D eigenvalue weighted by Crippen LogP contribution is -2.44. The van der Waals surface area contributed by atoms with Crippen LogP contribution in [0.2, 0.25) is 0 Å². The maximum Gasteiger partial charge on any atom is 0.407 e. The molecule has 0 saturated heterocycles. The van der Waals surface area contributed by atoms with E-state index in [9.17, 15) is 19.2 Å². The summed E-state index contributed by atoms with van der Waals surface area (Å²) in [6.45, 7) is 14.7. The van der Waals surface area contributed by atoms with Gasteiger partial charge in [-0.3, -0.25) is 19.5 Å². The lowest BCUT2D eigenvalue weighted by molar-refractivity contribution is -0.132. The van der Waals surface area contributed by atoms with Crippen molar-refractivity contribution in [2.75, 3.05) is 66.9 Å². The smallest absolute Gasteiger partial charge is 0.407 e. The molecule has 5 aromatic rings. The van der Waals surface area contributed by atoms with Gasteiger partial charge in [-0.05, 0) is 78.5 Å². The second-order valence-electron chi connectivity index (χ2n) is 15.4. The van der Waals surface area contributed by atoms with Crippen LogP contribution >= 0.6 is 0 Å². The van der Waals surface area contributed by atoms with Crippen molar-refractivity contribution in [3.63, 3.8) is 0 Å². The number of alkyl carbamates (subject to hydrolysis) is 1. The first-order chi connectivity index (χ1) is 33.3. The van der Waals surface area contributed by atoms with Gasteiger partial charge in [-0.15, -0.1) is 0 Å². The van der Waals surface area contributed by atoms with Gasteiger partial charge >= 0.3 is 6.09 Å². The number of halogens is 2. The number of rotatable bonds is 18. The van der Waals surface area contributed by atoms with Crippen LogP contribution in [0.3, 0.4) is 0 Å². The Morgan fingerprint density at radius 1 is 0.855 bits per heavy atom. The summed E-state index contributed by atoms with van der Waals surface area (Å²) in [4.78, 5) is 60.7. The fourth-order valence-corrected chi connectivity index (χ4v) is 7.09. The predicted octanol–water partition coefficient (Wildman–Crippen LogP) is 10.4. The minimum absolute atomic E-state index is 0.0243. The number of aromatic nitrogens is 2. The first kappa shape index (κ1) is 58.3. The van der Waals surface area contributed by atoms with E-state index < -0.39 is 18.1 Å². The van der Waals surface area contributed by atoms with Crippen LogP contribution in [0.15, 0.2) is 96.1 Å². The van der Waals surface area contributed by atoms with Gasteiger partial charge in [-0.1, -0.05) is 109 Å². The third-order valence-corrected chi connectivity index (χ3v) is 10.0. The number of anilines is 1. The molecular weight excluding hydrogens is 883 g/mol. The van der Waals surface area contributed by atoms with Crippen LogP contribution in [0.5, 0.6) is 0 Å². The molecule has 16 heteroatoms. The van der Waals surface area contributed by atoms with E-state index in [0.717, 1.165) is 24.4 Å². The Hall–Kier alpha value is -6.78. The summed E-state index contributed by atoms with van der Waals surface area (Å²) in [7, 11) is 8.30. The van der Waals surface area contributed by atoms with Gasteiger partial charge in [0.05, 0.1) is 50.0 Å². The van der Waals surface area contributed by atoms with Gasteiger partial charge in [0.2, 0.25) is 12.3 Å². The summed E-state index contributed by atoms with van der Waals surface area (Å²) in [6.07, 6.45) is 6.73. The number of benzene rings is 4. The summed E-state index contributed by atoms with van der Waals surface area (Å²) >= 11 is 0. The molecule has 1 atom stereocenters. The first-order valence-electron chi connectivity index (χ1n) is 23.3. The van der Waals surface area contributed by atoms with E-state index in [2.05, 4.69) is 61.3 Å². The van der Waals surface area contributed by atoms with Crippen LogP contribution in [0.25, 0.3) is 33.5 Å². The second kappa shape index (κ2) is 31.3. The lowest BCUT2D eigenvalue weighted by atomic mass is 9.97. The average molecular weight is 955 g/mol. The average Bonchev–Trinajstić information content (AvgIpc) is 3.92. The van der Waals surface area contributed by atoms with Crippen LogP contribution in [0, 0.1) is 0 Å². The van der Waals surface area contributed by atoms with Crippen molar-refractivity contribution in [1.29, 1.82) is 0 Å². The van der Waals surface area contributed by atoms with Crippen LogP contribution in [-0.2, 0) is 36.3 Å². The van der Waals surface area contributed by atoms with Crippen LogP contribution < -0.4 is 16.0 Å². The molecule has 1 heterocycles. The Kier molecular flexibility index (Phi) is 26.5. The van der Waals surface area contributed by atoms with E-state index >= 15 is 8.78 Å². The van der Waals surface area contributed by atoms with Crippen molar-refractivity contribution in [3.05, 3.63) is 114 Å². The fraction of sp³-hybridized carbons (Fsp3) is 0.396. The second-order valence-corrected chi connectivity index (χ2v) is 15.4. The molecule has 0 radical (unpaired) electrons. The Morgan fingerprint density at radius 3 is 1.99 bits per heavy atom. The highest BCUT2D eigenvalue weighted by Gasteiger charge is 2.44. The third kappa shape index (κ3) is 17.0. The lowest BCUT2D eigenvalue weighted by Gasteiger charge is -2.26. The predicted molar refractivity (Wildman–Crippen MR) is 274 cm³/mol. The van der Waals surface area contributed by atoms with Gasteiger partial charge in [0.1, 0.15) is 18.2 Å². The van der Waals surface area contributed by atoms with E-state index in [-0.39, 0.29) is 30.1 Å².